The van der Waals surface area contributed by atoms with Crippen molar-refractivity contribution < 1.29 is 21.6 Å². The Labute approximate surface area is 166 Å². The van der Waals surface area contributed by atoms with Gasteiger partial charge in [0, 0.05) is 10.9 Å². The molecule has 10 heteroatoms. The van der Waals surface area contributed by atoms with Crippen LogP contribution in [0, 0.1) is 13.8 Å². The molecule has 0 saturated carbocycles. The lowest BCUT2D eigenvalue weighted by Gasteiger charge is -2.19. The normalized spacial score (nSPS) is 16.6. The first-order valence-electron chi connectivity index (χ1n) is 7.97. The summed E-state index contributed by atoms with van der Waals surface area (Å²) in [6.07, 6.45) is -0.0793. The highest BCUT2D eigenvalue weighted by atomic mass is 79.9. The highest BCUT2D eigenvalue weighted by Gasteiger charge is 2.37. The molecule has 7 nitrogen and oxygen atoms in total. The Morgan fingerprint density at radius 2 is 1.70 bits per heavy atom. The van der Waals surface area contributed by atoms with Crippen molar-refractivity contribution in [1.82, 2.24) is 0 Å². The predicted molar refractivity (Wildman–Crippen MR) is 107 cm³/mol. The summed E-state index contributed by atoms with van der Waals surface area (Å²) in [7, 11) is -7.63. The third-order valence-corrected chi connectivity index (χ3v) is 8.20. The fourth-order valence-electron chi connectivity index (χ4n) is 3.08. The van der Waals surface area contributed by atoms with E-state index in [1.165, 1.54) is 12.1 Å². The minimum Gasteiger partial charge on any atom is -0.278 e. The third-order valence-electron chi connectivity index (χ3n) is 4.15. The van der Waals surface area contributed by atoms with E-state index in [1.807, 2.05) is 0 Å². The van der Waals surface area contributed by atoms with Crippen LogP contribution in [0.1, 0.15) is 17.5 Å². The van der Waals surface area contributed by atoms with Crippen LogP contribution in [0.15, 0.2) is 45.8 Å². The Morgan fingerprint density at radius 1 is 1.11 bits per heavy atom. The Morgan fingerprint density at radius 3 is 2.22 bits per heavy atom. The van der Waals surface area contributed by atoms with Crippen molar-refractivity contribution in [2.24, 2.45) is 0 Å². The zero-order valence-electron chi connectivity index (χ0n) is 14.6. The number of carbonyl (C=O) groups is 1. The van der Waals surface area contributed by atoms with Crippen molar-refractivity contribution in [2.45, 2.75) is 25.2 Å². The van der Waals surface area contributed by atoms with Crippen LogP contribution in [-0.2, 0) is 24.8 Å². The molecule has 0 aromatic heterocycles. The maximum Gasteiger partial charge on any atom is 0.262 e. The number of halogens is 1. The number of carbonyl (C=O) groups excluding carboxylic acids is 1. The number of hydrogen-bond donors (Lipinski definition) is 1. The van der Waals surface area contributed by atoms with Gasteiger partial charge < -0.3 is 0 Å². The van der Waals surface area contributed by atoms with Gasteiger partial charge in [0.25, 0.3) is 10.0 Å². The fraction of sp³-hybridized carbons (Fsp3) is 0.235. The molecule has 1 saturated heterocycles. The molecule has 0 spiro atoms. The third kappa shape index (κ3) is 3.74. The van der Waals surface area contributed by atoms with Crippen LogP contribution in [0.4, 0.5) is 11.4 Å². The number of benzene rings is 2. The van der Waals surface area contributed by atoms with E-state index >= 15 is 0 Å². The van der Waals surface area contributed by atoms with Crippen LogP contribution in [0.3, 0.4) is 0 Å². The monoisotopic (exact) mass is 472 g/mol. The molecule has 0 bridgehead atoms. The van der Waals surface area contributed by atoms with Crippen LogP contribution in [0.2, 0.25) is 0 Å². The second-order valence-electron chi connectivity index (χ2n) is 6.22. The molecule has 0 atom stereocenters. The summed E-state index contributed by atoms with van der Waals surface area (Å²) in [5.41, 5.74) is 1.24. The van der Waals surface area contributed by atoms with Crippen LogP contribution in [0.5, 0.6) is 0 Å². The van der Waals surface area contributed by atoms with Crippen LogP contribution < -0.4 is 9.03 Å². The van der Waals surface area contributed by atoms with E-state index in [1.54, 1.807) is 38.1 Å². The van der Waals surface area contributed by atoms with Gasteiger partial charge in [-0.15, -0.1) is 0 Å². The largest absolute Gasteiger partial charge is 0.278 e. The average molecular weight is 473 g/mol. The van der Waals surface area contributed by atoms with Crippen molar-refractivity contribution in [3.05, 3.63) is 52.0 Å². The molecule has 2 aromatic carbocycles. The molecule has 144 valence electrons. The molecule has 1 N–H and O–H groups in total. The van der Waals surface area contributed by atoms with Gasteiger partial charge in [-0.2, -0.15) is 0 Å². The number of rotatable bonds is 4. The topological polar surface area (TPSA) is 101 Å². The summed E-state index contributed by atoms with van der Waals surface area (Å²) in [6, 6.07) is 9.61. The molecule has 1 heterocycles. The number of aryl methyl sites for hydroxylation is 2. The summed E-state index contributed by atoms with van der Waals surface area (Å²) in [5, 5.41) is 0. The lowest BCUT2D eigenvalue weighted by molar-refractivity contribution is -0.116. The molecule has 0 unspecified atom stereocenters. The molecule has 0 radical (unpaired) electrons. The van der Waals surface area contributed by atoms with Gasteiger partial charge in [0.1, 0.15) is 0 Å². The van der Waals surface area contributed by atoms with Gasteiger partial charge in [0.2, 0.25) is 15.9 Å². The first kappa shape index (κ1) is 19.8. The number of amides is 1. The summed E-state index contributed by atoms with van der Waals surface area (Å²) in [6.45, 7) is 3.14. The Bertz CT molecular complexity index is 1120. The zero-order chi connectivity index (χ0) is 20.0. The quantitative estimate of drug-likeness (QED) is 0.736. The highest BCUT2D eigenvalue weighted by molar-refractivity contribution is 9.10. The van der Waals surface area contributed by atoms with Gasteiger partial charge in [-0.3, -0.25) is 9.52 Å². The van der Waals surface area contributed by atoms with E-state index in [9.17, 15) is 21.6 Å². The average Bonchev–Trinajstić information content (AvgIpc) is 2.81. The van der Waals surface area contributed by atoms with E-state index in [0.29, 0.717) is 21.3 Å². The Balaban J connectivity index is 2.05. The molecule has 27 heavy (non-hydrogen) atoms. The number of para-hydroxylation sites is 1. The van der Waals surface area contributed by atoms with Crippen molar-refractivity contribution in [2.75, 3.05) is 14.8 Å². The van der Waals surface area contributed by atoms with E-state index in [-0.39, 0.29) is 22.8 Å². The molecular weight excluding hydrogens is 456 g/mol. The van der Waals surface area contributed by atoms with E-state index in [4.69, 9.17) is 0 Å². The number of hydrogen-bond acceptors (Lipinski definition) is 5. The fourth-order valence-corrected chi connectivity index (χ4v) is 6.57. The molecule has 2 aromatic rings. The number of anilines is 2. The molecular formula is C17H17BrN2O5S2. The van der Waals surface area contributed by atoms with Crippen molar-refractivity contribution in [1.29, 1.82) is 0 Å². The Hall–Kier alpha value is -1.91. The standard InChI is InChI=1S/C17H17BrN2O5S2/c1-11-9-13(20-16(21)7-8-26(20,22)23)10-12(2)17(11)27(24,25)19-15-6-4-3-5-14(15)18/h3-6,9-10,19H,7-8H2,1-2H3. The van der Waals surface area contributed by atoms with E-state index in [0.717, 1.165) is 4.31 Å². The lowest BCUT2D eigenvalue weighted by Crippen LogP contribution is -2.29. The molecule has 1 fully saturated rings. The van der Waals surface area contributed by atoms with Gasteiger partial charge in [0.05, 0.1) is 22.0 Å². The second-order valence-corrected chi connectivity index (χ2v) is 10.6. The summed E-state index contributed by atoms with van der Waals surface area (Å²) in [4.78, 5) is 12.0. The van der Waals surface area contributed by atoms with E-state index < -0.39 is 26.0 Å². The van der Waals surface area contributed by atoms with Gasteiger partial charge in [0.15, 0.2) is 0 Å². The minimum atomic E-state index is -3.91. The number of nitrogens with zero attached hydrogens (tertiary/aromatic N) is 1. The lowest BCUT2D eigenvalue weighted by atomic mass is 10.1. The van der Waals surface area contributed by atoms with Gasteiger partial charge in [-0.1, -0.05) is 12.1 Å². The second kappa shape index (κ2) is 6.92. The summed E-state index contributed by atoms with van der Waals surface area (Å²) < 4.78 is 53.9. The van der Waals surface area contributed by atoms with Gasteiger partial charge in [-0.05, 0) is 65.2 Å². The van der Waals surface area contributed by atoms with Gasteiger partial charge in [-0.25, -0.2) is 21.1 Å². The van der Waals surface area contributed by atoms with Gasteiger partial charge >= 0.3 is 0 Å². The van der Waals surface area contributed by atoms with E-state index in [2.05, 4.69) is 20.7 Å². The number of sulfonamides is 2. The molecule has 3 rings (SSSR count). The smallest absolute Gasteiger partial charge is 0.262 e. The maximum absolute atomic E-state index is 12.9. The van der Waals surface area contributed by atoms with Crippen LogP contribution >= 0.6 is 15.9 Å². The SMILES string of the molecule is Cc1cc(N2C(=O)CCS2(=O)=O)cc(C)c1S(=O)(=O)Nc1ccccc1Br. The first-order valence-corrected chi connectivity index (χ1v) is 11.9. The maximum atomic E-state index is 12.9. The summed E-state index contributed by atoms with van der Waals surface area (Å²) >= 11 is 3.30. The molecule has 0 aliphatic carbocycles. The van der Waals surface area contributed by atoms with Crippen LogP contribution in [-0.4, -0.2) is 28.5 Å². The van der Waals surface area contributed by atoms with Crippen molar-refractivity contribution in [3.8, 4) is 0 Å². The highest BCUT2D eigenvalue weighted by Crippen LogP contribution is 2.32. The van der Waals surface area contributed by atoms with Crippen molar-refractivity contribution >= 4 is 53.3 Å². The minimum absolute atomic E-state index is 0.0473. The predicted octanol–water partition coefficient (Wildman–Crippen LogP) is 2.93. The van der Waals surface area contributed by atoms with Crippen LogP contribution in [0.25, 0.3) is 0 Å². The zero-order valence-corrected chi connectivity index (χ0v) is 17.8. The molecule has 1 aliphatic heterocycles. The molecule has 1 aliphatic rings. The van der Waals surface area contributed by atoms with Crippen molar-refractivity contribution in [3.63, 3.8) is 0 Å². The Kier molecular flexibility index (Phi) is 5.08. The number of nitrogens with one attached hydrogen (secondary N) is 1. The first-order chi connectivity index (χ1) is 12.5. The molecule has 1 amide bonds. The summed E-state index contributed by atoms with van der Waals surface area (Å²) in [5.74, 6) is -0.760.